The van der Waals surface area contributed by atoms with Crippen molar-refractivity contribution < 1.29 is 13.9 Å². The molecule has 174 valence electrons. The third kappa shape index (κ3) is 6.09. The van der Waals surface area contributed by atoms with Crippen LogP contribution in [-0.2, 0) is 17.9 Å². The van der Waals surface area contributed by atoms with E-state index in [1.807, 2.05) is 41.1 Å². The molecule has 2 aromatic heterocycles. The summed E-state index contributed by atoms with van der Waals surface area (Å²) in [7, 11) is 0. The molecule has 7 nitrogen and oxygen atoms in total. The third-order valence-corrected chi connectivity index (χ3v) is 6.44. The maximum absolute atomic E-state index is 13.1. The molecule has 0 radical (unpaired) electrons. The first-order chi connectivity index (χ1) is 16.5. The first-order valence-electron chi connectivity index (χ1n) is 10.4. The van der Waals surface area contributed by atoms with E-state index in [2.05, 4.69) is 27.1 Å². The lowest BCUT2D eigenvalue weighted by Crippen LogP contribution is -2.15. The van der Waals surface area contributed by atoms with E-state index in [4.69, 9.17) is 4.74 Å². The van der Waals surface area contributed by atoms with Crippen LogP contribution in [0.1, 0.15) is 11.4 Å². The summed E-state index contributed by atoms with van der Waals surface area (Å²) in [5.41, 5.74) is 3.01. The fourth-order valence-corrected chi connectivity index (χ4v) is 4.50. The summed E-state index contributed by atoms with van der Waals surface area (Å²) in [5.74, 6) is 0.731. The van der Waals surface area contributed by atoms with Crippen molar-refractivity contribution in [2.75, 3.05) is 11.1 Å². The van der Waals surface area contributed by atoms with Crippen LogP contribution in [-0.4, -0.2) is 31.4 Å². The Balaban J connectivity index is 1.34. The first kappa shape index (κ1) is 23.7. The Hall–Kier alpha value is -3.50. The lowest BCUT2D eigenvalue weighted by molar-refractivity contribution is -0.113. The van der Waals surface area contributed by atoms with Gasteiger partial charge in [-0.3, -0.25) is 9.36 Å². The standard InChI is InChI=1S/C24H22FN5O2S2/c1-3-12-30-21(13-32-19-10-8-18(25)9-11-19)28-29-24(30)34-15-22(31)27-23-26-20(14-33-23)17-6-4-16(2)5-7-17/h3-11,14H,1,12-13,15H2,2H3,(H,26,27,31). The number of benzene rings is 2. The number of allylic oxidation sites excluding steroid dienone is 1. The highest BCUT2D eigenvalue weighted by atomic mass is 32.2. The van der Waals surface area contributed by atoms with E-state index in [0.29, 0.717) is 28.4 Å². The fraction of sp³-hybridized carbons (Fsp3) is 0.167. The molecule has 0 aliphatic carbocycles. The van der Waals surface area contributed by atoms with Crippen molar-refractivity contribution in [3.05, 3.63) is 83.8 Å². The molecule has 0 unspecified atom stereocenters. The van der Waals surface area contributed by atoms with Crippen molar-refractivity contribution in [1.29, 1.82) is 0 Å². The average Bonchev–Trinajstić information content (AvgIpc) is 3.45. The number of carbonyl (C=O) groups is 1. The summed E-state index contributed by atoms with van der Waals surface area (Å²) in [4.78, 5) is 17.0. The van der Waals surface area contributed by atoms with Gasteiger partial charge in [0, 0.05) is 17.5 Å². The van der Waals surface area contributed by atoms with Gasteiger partial charge in [0.05, 0.1) is 11.4 Å². The van der Waals surface area contributed by atoms with Gasteiger partial charge in [0.2, 0.25) is 5.91 Å². The number of anilines is 1. The Morgan fingerprint density at radius 3 is 2.71 bits per heavy atom. The minimum absolute atomic E-state index is 0.146. The van der Waals surface area contributed by atoms with Crippen molar-refractivity contribution in [1.82, 2.24) is 19.7 Å². The summed E-state index contributed by atoms with van der Waals surface area (Å²) < 4.78 is 20.6. The molecule has 0 atom stereocenters. The second-order valence-electron chi connectivity index (χ2n) is 7.28. The molecule has 0 saturated heterocycles. The minimum Gasteiger partial charge on any atom is -0.486 e. The molecule has 0 aliphatic heterocycles. The minimum atomic E-state index is -0.330. The normalized spacial score (nSPS) is 10.8. The van der Waals surface area contributed by atoms with Gasteiger partial charge in [0.15, 0.2) is 16.1 Å². The predicted octanol–water partition coefficient (Wildman–Crippen LogP) is 5.34. The van der Waals surface area contributed by atoms with Gasteiger partial charge in [-0.25, -0.2) is 9.37 Å². The number of nitrogens with zero attached hydrogens (tertiary/aromatic N) is 4. The highest BCUT2D eigenvalue weighted by Gasteiger charge is 2.15. The Kier molecular flexibility index (Phi) is 7.71. The predicted molar refractivity (Wildman–Crippen MR) is 133 cm³/mol. The number of amides is 1. The van der Waals surface area contributed by atoms with E-state index in [1.54, 1.807) is 18.2 Å². The number of thiazole rings is 1. The van der Waals surface area contributed by atoms with Crippen LogP contribution in [0.25, 0.3) is 11.3 Å². The molecule has 0 fully saturated rings. The second-order valence-corrected chi connectivity index (χ2v) is 9.08. The molecule has 34 heavy (non-hydrogen) atoms. The van der Waals surface area contributed by atoms with Gasteiger partial charge in [0.1, 0.15) is 18.2 Å². The Morgan fingerprint density at radius 2 is 1.97 bits per heavy atom. The fourth-order valence-electron chi connectivity index (χ4n) is 3.00. The molecule has 1 N–H and O–H groups in total. The van der Waals surface area contributed by atoms with E-state index >= 15 is 0 Å². The number of halogens is 1. The quantitative estimate of drug-likeness (QED) is 0.236. The number of aromatic nitrogens is 4. The van der Waals surface area contributed by atoms with Gasteiger partial charge in [-0.05, 0) is 31.2 Å². The number of hydrogen-bond acceptors (Lipinski definition) is 7. The van der Waals surface area contributed by atoms with Gasteiger partial charge >= 0.3 is 0 Å². The zero-order chi connectivity index (χ0) is 23.9. The Bertz CT molecular complexity index is 1270. The highest BCUT2D eigenvalue weighted by Crippen LogP contribution is 2.26. The number of nitrogens with one attached hydrogen (secondary N) is 1. The molecule has 4 rings (SSSR count). The molecular formula is C24H22FN5O2S2. The van der Waals surface area contributed by atoms with Crippen LogP contribution in [0.5, 0.6) is 5.75 Å². The van der Waals surface area contributed by atoms with Gasteiger partial charge in [-0.2, -0.15) is 0 Å². The molecular weight excluding hydrogens is 473 g/mol. The largest absolute Gasteiger partial charge is 0.486 e. The summed E-state index contributed by atoms with van der Waals surface area (Å²) in [6.07, 6.45) is 1.72. The maximum Gasteiger partial charge on any atom is 0.236 e. The lowest BCUT2D eigenvalue weighted by atomic mass is 10.1. The Labute approximate surface area is 204 Å². The van der Waals surface area contributed by atoms with E-state index in [0.717, 1.165) is 11.3 Å². The van der Waals surface area contributed by atoms with Crippen LogP contribution >= 0.6 is 23.1 Å². The molecule has 2 heterocycles. The molecule has 1 amide bonds. The number of ether oxygens (including phenoxy) is 1. The van der Waals surface area contributed by atoms with E-state index in [9.17, 15) is 9.18 Å². The maximum atomic E-state index is 13.1. The molecule has 0 bridgehead atoms. The van der Waals surface area contributed by atoms with Crippen molar-refractivity contribution in [3.63, 3.8) is 0 Å². The zero-order valence-electron chi connectivity index (χ0n) is 18.4. The zero-order valence-corrected chi connectivity index (χ0v) is 20.0. The number of aryl methyl sites for hydroxylation is 1. The third-order valence-electron chi connectivity index (χ3n) is 4.72. The summed E-state index contributed by atoms with van der Waals surface area (Å²) in [5, 5.41) is 14.2. The number of hydrogen-bond donors (Lipinski definition) is 1. The summed E-state index contributed by atoms with van der Waals surface area (Å²) >= 11 is 2.65. The van der Waals surface area contributed by atoms with E-state index in [1.165, 1.54) is 40.8 Å². The molecule has 0 saturated carbocycles. The number of thioether (sulfide) groups is 1. The SMILES string of the molecule is C=CCn1c(COc2ccc(F)cc2)nnc1SCC(=O)Nc1nc(-c2ccc(C)cc2)cs1. The van der Waals surface area contributed by atoms with Crippen LogP contribution < -0.4 is 10.1 Å². The van der Waals surface area contributed by atoms with Crippen molar-refractivity contribution in [2.24, 2.45) is 0 Å². The molecule has 10 heteroatoms. The molecule has 4 aromatic rings. The number of rotatable bonds is 10. The van der Waals surface area contributed by atoms with Crippen LogP contribution in [0.15, 0.2) is 71.7 Å². The summed E-state index contributed by atoms with van der Waals surface area (Å²) in [6.45, 7) is 6.42. The average molecular weight is 496 g/mol. The van der Waals surface area contributed by atoms with E-state index < -0.39 is 0 Å². The smallest absolute Gasteiger partial charge is 0.236 e. The van der Waals surface area contributed by atoms with Crippen LogP contribution in [0.4, 0.5) is 9.52 Å². The number of carbonyl (C=O) groups excluding carboxylic acids is 1. The van der Waals surface area contributed by atoms with Gasteiger partial charge in [-0.1, -0.05) is 47.7 Å². The lowest BCUT2D eigenvalue weighted by Gasteiger charge is -2.09. The van der Waals surface area contributed by atoms with E-state index in [-0.39, 0.29) is 24.1 Å². The van der Waals surface area contributed by atoms with Crippen LogP contribution in [0, 0.1) is 12.7 Å². The van der Waals surface area contributed by atoms with Crippen molar-refractivity contribution in [3.8, 4) is 17.0 Å². The highest BCUT2D eigenvalue weighted by molar-refractivity contribution is 7.99. The molecule has 2 aromatic carbocycles. The van der Waals surface area contributed by atoms with Gasteiger partial charge in [0.25, 0.3) is 0 Å². The van der Waals surface area contributed by atoms with Crippen molar-refractivity contribution >= 4 is 34.1 Å². The van der Waals surface area contributed by atoms with Crippen LogP contribution in [0.3, 0.4) is 0 Å². The van der Waals surface area contributed by atoms with Gasteiger partial charge in [-0.15, -0.1) is 28.1 Å². The molecule has 0 spiro atoms. The summed E-state index contributed by atoms with van der Waals surface area (Å²) in [6, 6.07) is 13.8. The van der Waals surface area contributed by atoms with Crippen LogP contribution in [0.2, 0.25) is 0 Å². The van der Waals surface area contributed by atoms with Crippen molar-refractivity contribution in [2.45, 2.75) is 25.2 Å². The molecule has 0 aliphatic rings. The topological polar surface area (TPSA) is 81.9 Å². The monoisotopic (exact) mass is 495 g/mol. The Morgan fingerprint density at radius 1 is 1.21 bits per heavy atom. The first-order valence-corrected chi connectivity index (χ1v) is 12.2. The second kappa shape index (κ2) is 11.1. The van der Waals surface area contributed by atoms with Gasteiger partial charge < -0.3 is 10.1 Å².